The third-order valence-corrected chi connectivity index (χ3v) is 5.16. The molecule has 28 heavy (non-hydrogen) atoms. The van der Waals surface area contributed by atoms with E-state index in [1.165, 1.54) is 0 Å². The van der Waals surface area contributed by atoms with Gasteiger partial charge in [0, 0.05) is 22.6 Å². The number of benzene rings is 2. The lowest BCUT2D eigenvalue weighted by atomic mass is 10.0. The molecule has 3 aromatic rings. The Morgan fingerprint density at radius 3 is 2.43 bits per heavy atom. The van der Waals surface area contributed by atoms with Gasteiger partial charge in [0.25, 0.3) is 0 Å². The van der Waals surface area contributed by atoms with E-state index < -0.39 is 0 Å². The fraction of sp³-hybridized carbons (Fsp3) is 0.190. The first-order valence-electron chi connectivity index (χ1n) is 8.75. The van der Waals surface area contributed by atoms with E-state index in [-0.39, 0.29) is 18.1 Å². The average molecular weight is 416 g/mol. The first-order valence-corrected chi connectivity index (χ1v) is 9.51. The lowest BCUT2D eigenvalue weighted by molar-refractivity contribution is -0.116. The van der Waals surface area contributed by atoms with Crippen molar-refractivity contribution in [1.29, 1.82) is 0 Å². The van der Waals surface area contributed by atoms with Gasteiger partial charge in [0.05, 0.1) is 28.6 Å². The van der Waals surface area contributed by atoms with Gasteiger partial charge in [-0.15, -0.1) is 0 Å². The zero-order valence-corrected chi connectivity index (χ0v) is 17.0. The Morgan fingerprint density at radius 1 is 1.07 bits per heavy atom. The summed E-state index contributed by atoms with van der Waals surface area (Å²) in [5.74, 6) is -0.433. The standard InChI is InChI=1S/C21H19Cl2N3O2/c1-13-20(23)14(2)26(25-13)11-10-19(27)24-18-9-8-16(22)12-17(18)21(28)15-6-4-3-5-7-15/h3-9,12H,10-11H2,1-2H3,(H,24,27). The van der Waals surface area contributed by atoms with E-state index in [9.17, 15) is 9.59 Å². The molecule has 2 aromatic carbocycles. The Kier molecular flexibility index (Phi) is 6.17. The van der Waals surface area contributed by atoms with Crippen molar-refractivity contribution < 1.29 is 9.59 Å². The lowest BCUT2D eigenvalue weighted by Crippen LogP contribution is -2.17. The Hall–Kier alpha value is -2.63. The Balaban J connectivity index is 1.75. The second-order valence-corrected chi connectivity index (χ2v) is 7.21. The van der Waals surface area contributed by atoms with Gasteiger partial charge in [-0.25, -0.2) is 0 Å². The van der Waals surface area contributed by atoms with Crippen molar-refractivity contribution in [2.45, 2.75) is 26.8 Å². The normalized spacial score (nSPS) is 10.7. The van der Waals surface area contributed by atoms with Crippen LogP contribution in [0.4, 0.5) is 5.69 Å². The van der Waals surface area contributed by atoms with Gasteiger partial charge in [0.15, 0.2) is 5.78 Å². The second-order valence-electron chi connectivity index (χ2n) is 6.39. The highest BCUT2D eigenvalue weighted by Gasteiger charge is 2.17. The fourth-order valence-electron chi connectivity index (χ4n) is 2.87. The van der Waals surface area contributed by atoms with Crippen LogP contribution >= 0.6 is 23.2 Å². The van der Waals surface area contributed by atoms with Gasteiger partial charge in [-0.05, 0) is 32.0 Å². The van der Waals surface area contributed by atoms with Gasteiger partial charge in [-0.1, -0.05) is 53.5 Å². The van der Waals surface area contributed by atoms with Crippen molar-refractivity contribution in [3.05, 3.63) is 81.1 Å². The first kappa shape index (κ1) is 20.1. The monoisotopic (exact) mass is 415 g/mol. The van der Waals surface area contributed by atoms with Crippen LogP contribution in [0.5, 0.6) is 0 Å². The number of halogens is 2. The number of amides is 1. The van der Waals surface area contributed by atoms with E-state index in [1.54, 1.807) is 47.1 Å². The highest BCUT2D eigenvalue weighted by molar-refractivity contribution is 6.32. The van der Waals surface area contributed by atoms with Crippen LogP contribution in [0.2, 0.25) is 10.0 Å². The quantitative estimate of drug-likeness (QED) is 0.571. The van der Waals surface area contributed by atoms with E-state index in [0.717, 1.165) is 11.4 Å². The van der Waals surface area contributed by atoms with E-state index in [4.69, 9.17) is 23.2 Å². The number of rotatable bonds is 6. The van der Waals surface area contributed by atoms with Gasteiger partial charge < -0.3 is 5.32 Å². The number of nitrogens with one attached hydrogen (secondary N) is 1. The molecule has 0 fully saturated rings. The molecule has 0 atom stereocenters. The first-order chi connectivity index (χ1) is 13.4. The van der Waals surface area contributed by atoms with Crippen LogP contribution in [0, 0.1) is 13.8 Å². The Labute approximate surface area is 173 Å². The minimum absolute atomic E-state index is 0.194. The number of ketones is 1. The molecule has 1 amide bonds. The maximum absolute atomic E-state index is 12.8. The summed E-state index contributed by atoms with van der Waals surface area (Å²) < 4.78 is 1.70. The number of hydrogen-bond acceptors (Lipinski definition) is 3. The lowest BCUT2D eigenvalue weighted by Gasteiger charge is -2.12. The van der Waals surface area contributed by atoms with Crippen LogP contribution in [0.3, 0.4) is 0 Å². The summed E-state index contributed by atoms with van der Waals surface area (Å²) in [4.78, 5) is 25.3. The fourth-order valence-corrected chi connectivity index (χ4v) is 3.18. The summed E-state index contributed by atoms with van der Waals surface area (Å²) in [5, 5.41) is 8.16. The van der Waals surface area contributed by atoms with Gasteiger partial charge in [0.2, 0.25) is 5.91 Å². The predicted octanol–water partition coefficient (Wildman–Crippen LogP) is 5.07. The van der Waals surface area contributed by atoms with E-state index in [0.29, 0.717) is 33.4 Å². The zero-order valence-electron chi connectivity index (χ0n) is 15.5. The number of carbonyl (C=O) groups excluding carboxylic acids is 2. The van der Waals surface area contributed by atoms with Crippen molar-refractivity contribution in [3.63, 3.8) is 0 Å². The number of carbonyl (C=O) groups is 2. The highest BCUT2D eigenvalue weighted by Crippen LogP contribution is 2.24. The topological polar surface area (TPSA) is 64.0 Å². The summed E-state index contributed by atoms with van der Waals surface area (Å²) in [6.45, 7) is 4.07. The van der Waals surface area contributed by atoms with Crippen molar-refractivity contribution in [1.82, 2.24) is 9.78 Å². The molecule has 0 spiro atoms. The summed E-state index contributed by atoms with van der Waals surface area (Å²) in [6, 6.07) is 13.7. The molecule has 5 nitrogen and oxygen atoms in total. The van der Waals surface area contributed by atoms with E-state index in [1.807, 2.05) is 19.9 Å². The molecule has 0 unspecified atom stereocenters. The number of aromatic nitrogens is 2. The maximum atomic E-state index is 12.8. The molecule has 3 rings (SSSR count). The van der Waals surface area contributed by atoms with E-state index >= 15 is 0 Å². The number of anilines is 1. The molecule has 1 heterocycles. The number of aryl methyl sites for hydroxylation is 2. The molecule has 0 radical (unpaired) electrons. The van der Waals surface area contributed by atoms with E-state index in [2.05, 4.69) is 10.4 Å². The SMILES string of the molecule is Cc1nn(CCC(=O)Nc2ccc(Cl)cc2C(=O)c2ccccc2)c(C)c1Cl. The zero-order chi connectivity index (χ0) is 20.3. The van der Waals surface area contributed by atoms with Gasteiger partial charge in [-0.3, -0.25) is 14.3 Å². The van der Waals surface area contributed by atoms with Crippen molar-refractivity contribution in [2.75, 3.05) is 5.32 Å². The molecule has 0 bridgehead atoms. The second kappa shape index (κ2) is 8.59. The van der Waals surface area contributed by atoms with Crippen LogP contribution in [-0.4, -0.2) is 21.5 Å². The van der Waals surface area contributed by atoms with Crippen molar-refractivity contribution >= 4 is 40.6 Å². The summed E-state index contributed by atoms with van der Waals surface area (Å²) in [6.07, 6.45) is 0.194. The van der Waals surface area contributed by atoms with Crippen LogP contribution in [0.25, 0.3) is 0 Å². The van der Waals surface area contributed by atoms with Crippen molar-refractivity contribution in [3.8, 4) is 0 Å². The highest BCUT2D eigenvalue weighted by atomic mass is 35.5. The van der Waals surface area contributed by atoms with Gasteiger partial charge >= 0.3 is 0 Å². The number of hydrogen-bond donors (Lipinski definition) is 1. The third kappa shape index (κ3) is 4.43. The average Bonchev–Trinajstić information content (AvgIpc) is 2.94. The van der Waals surface area contributed by atoms with Crippen LogP contribution in [0.1, 0.15) is 33.7 Å². The molecule has 0 saturated carbocycles. The summed E-state index contributed by atoms with van der Waals surface area (Å²) in [5.41, 5.74) is 2.85. The molecule has 1 N–H and O–H groups in total. The molecular weight excluding hydrogens is 397 g/mol. The minimum Gasteiger partial charge on any atom is -0.325 e. The largest absolute Gasteiger partial charge is 0.325 e. The third-order valence-electron chi connectivity index (χ3n) is 4.38. The molecular formula is C21H19Cl2N3O2. The molecule has 7 heteroatoms. The van der Waals surface area contributed by atoms with Gasteiger partial charge in [0.1, 0.15) is 0 Å². The Morgan fingerprint density at radius 2 is 1.79 bits per heavy atom. The summed E-state index contributed by atoms with van der Waals surface area (Å²) >= 11 is 12.2. The smallest absolute Gasteiger partial charge is 0.226 e. The van der Waals surface area contributed by atoms with Crippen molar-refractivity contribution in [2.24, 2.45) is 0 Å². The van der Waals surface area contributed by atoms with Crippen LogP contribution in [0.15, 0.2) is 48.5 Å². The number of nitrogens with zero attached hydrogens (tertiary/aromatic N) is 2. The molecule has 1 aromatic heterocycles. The Bertz CT molecular complexity index is 1030. The van der Waals surface area contributed by atoms with Gasteiger partial charge in [-0.2, -0.15) is 5.10 Å². The molecule has 144 valence electrons. The predicted molar refractivity (Wildman–Crippen MR) is 111 cm³/mol. The molecule has 0 aliphatic heterocycles. The molecule has 0 aliphatic carbocycles. The molecule has 0 aliphatic rings. The molecule has 0 saturated heterocycles. The summed E-state index contributed by atoms with van der Waals surface area (Å²) in [7, 11) is 0. The van der Waals surface area contributed by atoms with Crippen LogP contribution in [-0.2, 0) is 11.3 Å². The maximum Gasteiger partial charge on any atom is 0.226 e. The minimum atomic E-state index is -0.229. The van der Waals surface area contributed by atoms with Crippen LogP contribution < -0.4 is 5.32 Å².